The summed E-state index contributed by atoms with van der Waals surface area (Å²) < 4.78 is 27.6. The standard InChI is InChI=1S/C10H17BrN2O2S2/c1-3-4-12-5-6-13-17(14,15)9-7-8(2)10(11)16-9/h7,12-13H,3-6H2,1-2H3. The zero-order valence-electron chi connectivity index (χ0n) is 9.92. The van der Waals surface area contributed by atoms with Crippen LogP contribution < -0.4 is 10.0 Å². The molecule has 0 radical (unpaired) electrons. The Labute approximate surface area is 115 Å². The molecular formula is C10H17BrN2O2S2. The van der Waals surface area contributed by atoms with Crippen LogP contribution in [0.15, 0.2) is 14.1 Å². The van der Waals surface area contributed by atoms with Gasteiger partial charge in [0, 0.05) is 13.1 Å². The van der Waals surface area contributed by atoms with Gasteiger partial charge in [0.15, 0.2) is 0 Å². The van der Waals surface area contributed by atoms with E-state index in [9.17, 15) is 8.42 Å². The normalized spacial score (nSPS) is 11.9. The van der Waals surface area contributed by atoms with Crippen molar-refractivity contribution in [2.24, 2.45) is 0 Å². The van der Waals surface area contributed by atoms with Crippen molar-refractivity contribution in [3.05, 3.63) is 15.4 Å². The van der Waals surface area contributed by atoms with Crippen molar-refractivity contribution in [3.63, 3.8) is 0 Å². The van der Waals surface area contributed by atoms with Gasteiger partial charge in [-0.25, -0.2) is 13.1 Å². The Balaban J connectivity index is 2.51. The lowest BCUT2D eigenvalue weighted by Gasteiger charge is -2.05. The van der Waals surface area contributed by atoms with Crippen LogP contribution in [-0.2, 0) is 10.0 Å². The van der Waals surface area contributed by atoms with Crippen LogP contribution in [0.2, 0.25) is 0 Å². The lowest BCUT2D eigenvalue weighted by Crippen LogP contribution is -2.31. The largest absolute Gasteiger partial charge is 0.315 e. The van der Waals surface area contributed by atoms with E-state index >= 15 is 0 Å². The van der Waals surface area contributed by atoms with Crippen molar-refractivity contribution in [1.82, 2.24) is 10.0 Å². The highest BCUT2D eigenvalue weighted by Gasteiger charge is 2.17. The van der Waals surface area contributed by atoms with Crippen LogP contribution >= 0.6 is 27.3 Å². The Bertz CT molecular complexity index is 437. The van der Waals surface area contributed by atoms with Crippen LogP contribution in [-0.4, -0.2) is 28.1 Å². The number of halogens is 1. The fourth-order valence-corrected chi connectivity index (χ4v) is 4.51. The molecule has 0 saturated carbocycles. The summed E-state index contributed by atoms with van der Waals surface area (Å²) in [5.74, 6) is 0. The highest BCUT2D eigenvalue weighted by Crippen LogP contribution is 2.30. The first-order valence-corrected chi connectivity index (χ1v) is 8.53. The Kier molecular flexibility index (Phi) is 6.08. The third kappa shape index (κ3) is 4.67. The van der Waals surface area contributed by atoms with E-state index in [0.717, 1.165) is 22.3 Å². The zero-order chi connectivity index (χ0) is 12.9. The summed E-state index contributed by atoms with van der Waals surface area (Å²) in [5, 5.41) is 3.14. The quantitative estimate of drug-likeness (QED) is 0.747. The van der Waals surface area contributed by atoms with Crippen molar-refractivity contribution in [2.45, 2.75) is 24.5 Å². The minimum Gasteiger partial charge on any atom is -0.315 e. The van der Waals surface area contributed by atoms with Crippen molar-refractivity contribution in [2.75, 3.05) is 19.6 Å². The Morgan fingerprint density at radius 2 is 2.06 bits per heavy atom. The smallest absolute Gasteiger partial charge is 0.250 e. The van der Waals surface area contributed by atoms with E-state index in [-0.39, 0.29) is 0 Å². The molecule has 0 aromatic carbocycles. The molecule has 0 aliphatic carbocycles. The van der Waals surface area contributed by atoms with Crippen molar-refractivity contribution < 1.29 is 8.42 Å². The lowest BCUT2D eigenvalue weighted by molar-refractivity contribution is 0.577. The van der Waals surface area contributed by atoms with Crippen molar-refractivity contribution in [3.8, 4) is 0 Å². The maximum absolute atomic E-state index is 11.9. The first-order chi connectivity index (χ1) is 7.97. The minimum absolute atomic E-state index is 0.359. The fourth-order valence-electron chi connectivity index (χ4n) is 1.21. The van der Waals surface area contributed by atoms with Gasteiger partial charge in [0.05, 0.1) is 3.79 Å². The van der Waals surface area contributed by atoms with Gasteiger partial charge in [0.1, 0.15) is 4.21 Å². The second kappa shape index (κ2) is 6.84. The van der Waals surface area contributed by atoms with E-state index in [2.05, 4.69) is 32.9 Å². The summed E-state index contributed by atoms with van der Waals surface area (Å²) in [4.78, 5) is 0. The SMILES string of the molecule is CCCNCCNS(=O)(=O)c1cc(C)c(Br)s1. The molecule has 2 N–H and O–H groups in total. The summed E-state index contributed by atoms with van der Waals surface area (Å²) in [7, 11) is -3.35. The molecule has 1 aromatic heterocycles. The molecule has 0 aliphatic rings. The summed E-state index contributed by atoms with van der Waals surface area (Å²) in [5.41, 5.74) is 0.944. The number of sulfonamides is 1. The highest BCUT2D eigenvalue weighted by molar-refractivity contribution is 9.11. The van der Waals surface area contributed by atoms with Gasteiger partial charge in [-0.3, -0.25) is 0 Å². The monoisotopic (exact) mass is 340 g/mol. The molecule has 1 rings (SSSR count). The van der Waals surface area contributed by atoms with Crippen LogP contribution in [0.3, 0.4) is 0 Å². The molecule has 0 spiro atoms. The molecule has 4 nitrogen and oxygen atoms in total. The van der Waals surface area contributed by atoms with Gasteiger partial charge in [-0.2, -0.15) is 0 Å². The Morgan fingerprint density at radius 3 is 2.59 bits per heavy atom. The average molecular weight is 341 g/mol. The number of hydrogen-bond donors (Lipinski definition) is 2. The van der Waals surface area contributed by atoms with E-state index in [0.29, 0.717) is 17.3 Å². The number of aryl methyl sites for hydroxylation is 1. The molecular weight excluding hydrogens is 324 g/mol. The Hall–Kier alpha value is 0.0500. The maximum atomic E-state index is 11.9. The summed E-state index contributed by atoms with van der Waals surface area (Å²) in [6.45, 7) is 5.92. The van der Waals surface area contributed by atoms with E-state index in [1.165, 1.54) is 11.3 Å². The Morgan fingerprint density at radius 1 is 1.35 bits per heavy atom. The van der Waals surface area contributed by atoms with Gasteiger partial charge in [-0.1, -0.05) is 6.92 Å². The maximum Gasteiger partial charge on any atom is 0.250 e. The van der Waals surface area contributed by atoms with Crippen LogP contribution in [0.5, 0.6) is 0 Å². The lowest BCUT2D eigenvalue weighted by atomic mass is 10.4. The van der Waals surface area contributed by atoms with Gasteiger partial charge < -0.3 is 5.32 Å². The van der Waals surface area contributed by atoms with Gasteiger partial charge in [0.2, 0.25) is 10.0 Å². The van der Waals surface area contributed by atoms with Crippen LogP contribution in [0.4, 0.5) is 0 Å². The molecule has 1 aromatic rings. The van der Waals surface area contributed by atoms with E-state index < -0.39 is 10.0 Å². The number of thiophene rings is 1. The topological polar surface area (TPSA) is 58.2 Å². The molecule has 0 saturated heterocycles. The first kappa shape index (κ1) is 15.1. The van der Waals surface area contributed by atoms with Crippen LogP contribution in [0.25, 0.3) is 0 Å². The van der Waals surface area contributed by atoms with E-state index in [1.807, 2.05) is 6.92 Å². The predicted octanol–water partition coefficient (Wildman–Crippen LogP) is 2.10. The molecule has 1 heterocycles. The van der Waals surface area contributed by atoms with E-state index in [1.54, 1.807) is 6.07 Å². The number of hydrogen-bond acceptors (Lipinski definition) is 4. The van der Waals surface area contributed by atoms with Gasteiger partial charge in [-0.05, 0) is 47.4 Å². The number of rotatable bonds is 7. The predicted molar refractivity (Wildman–Crippen MR) is 75.1 cm³/mol. The summed E-state index contributed by atoms with van der Waals surface area (Å²) >= 11 is 4.56. The van der Waals surface area contributed by atoms with Crippen molar-refractivity contribution in [1.29, 1.82) is 0 Å². The molecule has 0 fully saturated rings. The third-order valence-electron chi connectivity index (χ3n) is 2.12. The van der Waals surface area contributed by atoms with Gasteiger partial charge in [0.25, 0.3) is 0 Å². The molecule has 0 unspecified atom stereocenters. The molecule has 0 bridgehead atoms. The summed E-state index contributed by atoms with van der Waals surface area (Å²) in [6.07, 6.45) is 1.05. The molecule has 98 valence electrons. The molecule has 7 heteroatoms. The molecule has 0 amide bonds. The fraction of sp³-hybridized carbons (Fsp3) is 0.600. The molecule has 17 heavy (non-hydrogen) atoms. The van der Waals surface area contributed by atoms with Gasteiger partial charge >= 0.3 is 0 Å². The first-order valence-electron chi connectivity index (χ1n) is 5.43. The average Bonchev–Trinajstić information content (AvgIpc) is 2.60. The molecule has 0 atom stereocenters. The number of nitrogens with one attached hydrogen (secondary N) is 2. The summed E-state index contributed by atoms with van der Waals surface area (Å²) in [6, 6.07) is 1.68. The van der Waals surface area contributed by atoms with Crippen molar-refractivity contribution >= 4 is 37.3 Å². The second-order valence-corrected chi connectivity index (χ2v) is 8.03. The highest BCUT2D eigenvalue weighted by atomic mass is 79.9. The zero-order valence-corrected chi connectivity index (χ0v) is 13.1. The third-order valence-corrected chi connectivity index (χ3v) is 6.19. The van der Waals surface area contributed by atoms with Crippen LogP contribution in [0, 0.1) is 6.92 Å². The van der Waals surface area contributed by atoms with E-state index in [4.69, 9.17) is 0 Å². The van der Waals surface area contributed by atoms with Gasteiger partial charge in [-0.15, -0.1) is 11.3 Å². The second-order valence-electron chi connectivity index (χ2n) is 3.67. The van der Waals surface area contributed by atoms with Crippen LogP contribution in [0.1, 0.15) is 18.9 Å². The minimum atomic E-state index is -3.35. The molecule has 0 aliphatic heterocycles.